The van der Waals surface area contributed by atoms with Crippen molar-refractivity contribution in [2.45, 2.75) is 183 Å². The molecule has 2 N–H and O–H groups in total. The average molecular weight is 683 g/mol. The van der Waals surface area contributed by atoms with E-state index in [4.69, 9.17) is 9.47 Å². The Morgan fingerprint density at radius 2 is 0.936 bits per heavy atom. The summed E-state index contributed by atoms with van der Waals surface area (Å²) in [5.41, 5.74) is -1.16. The second-order valence-corrected chi connectivity index (χ2v) is 19.0. The number of carbonyl (C=O) groups excluding carboxylic acids is 2. The Labute approximate surface area is 293 Å². The molecule has 6 nitrogen and oxygen atoms in total. The van der Waals surface area contributed by atoms with Gasteiger partial charge in [0, 0.05) is 0 Å². The first kappa shape index (κ1) is 42.4. The van der Waals surface area contributed by atoms with Crippen LogP contribution in [0.4, 0.5) is 0 Å². The lowest BCUT2D eigenvalue weighted by atomic mass is 9.78. The predicted molar refractivity (Wildman–Crippen MR) is 196 cm³/mol. The number of rotatable bonds is 18. The van der Waals surface area contributed by atoms with E-state index >= 15 is 0 Å². The zero-order chi connectivity index (χ0) is 35.4. The van der Waals surface area contributed by atoms with E-state index in [0.717, 1.165) is 37.2 Å². The van der Waals surface area contributed by atoms with Crippen LogP contribution in [0.15, 0.2) is 0 Å². The molecule has 0 aromatic heterocycles. The molecule has 0 aliphatic heterocycles. The molecule has 2 rings (SSSR count). The van der Waals surface area contributed by atoms with E-state index in [1.807, 2.05) is 53.3 Å². The van der Waals surface area contributed by atoms with Crippen molar-refractivity contribution in [2.24, 2.45) is 47.3 Å². The van der Waals surface area contributed by atoms with Crippen molar-refractivity contribution >= 4 is 23.7 Å². The third-order valence-electron chi connectivity index (χ3n) is 10.6. The molecule has 2 fully saturated rings. The smallest absolute Gasteiger partial charge is 0.312 e. The van der Waals surface area contributed by atoms with Gasteiger partial charge in [-0.15, -0.1) is 0 Å². The molecule has 0 spiro atoms. The number of ether oxygens (including phenoxy) is 2. The van der Waals surface area contributed by atoms with Crippen molar-refractivity contribution < 1.29 is 29.3 Å². The van der Waals surface area contributed by atoms with Gasteiger partial charge < -0.3 is 19.7 Å². The average Bonchev–Trinajstić information content (AvgIpc) is 2.96. The molecule has 2 aliphatic carbocycles. The number of esters is 2. The zero-order valence-electron chi connectivity index (χ0n) is 32.0. The molecular formula is C40H74O6S. The van der Waals surface area contributed by atoms with Crippen molar-refractivity contribution in [3.63, 3.8) is 0 Å². The summed E-state index contributed by atoms with van der Waals surface area (Å²) in [7, 11) is 0. The fourth-order valence-electron chi connectivity index (χ4n) is 7.52. The Kier molecular flexibility index (Phi) is 18.2. The first-order valence-corrected chi connectivity index (χ1v) is 20.4. The van der Waals surface area contributed by atoms with Crippen LogP contribution in [-0.4, -0.2) is 57.1 Å². The number of aliphatic hydroxyl groups excluding tert-OH is 2. The van der Waals surface area contributed by atoms with E-state index < -0.39 is 35.2 Å². The van der Waals surface area contributed by atoms with Gasteiger partial charge in [0.1, 0.15) is 11.2 Å². The monoisotopic (exact) mass is 683 g/mol. The third kappa shape index (κ3) is 16.6. The van der Waals surface area contributed by atoms with Crippen LogP contribution in [0, 0.1) is 47.3 Å². The Balaban J connectivity index is 2.06. The number of thioether (sulfide) groups is 1. The highest BCUT2D eigenvalue weighted by Crippen LogP contribution is 2.36. The van der Waals surface area contributed by atoms with Gasteiger partial charge in [0.15, 0.2) is 0 Å². The van der Waals surface area contributed by atoms with Gasteiger partial charge in [-0.25, -0.2) is 0 Å². The second-order valence-electron chi connectivity index (χ2n) is 17.9. The van der Waals surface area contributed by atoms with Crippen LogP contribution in [0.3, 0.4) is 0 Å². The van der Waals surface area contributed by atoms with E-state index in [0.29, 0.717) is 49.4 Å². The Morgan fingerprint density at radius 1 is 0.617 bits per heavy atom. The summed E-state index contributed by atoms with van der Waals surface area (Å²) >= 11 is 1.89. The van der Waals surface area contributed by atoms with Crippen molar-refractivity contribution in [2.75, 3.05) is 11.5 Å². The largest absolute Gasteiger partial charge is 0.460 e. The minimum Gasteiger partial charge on any atom is -0.460 e. The van der Waals surface area contributed by atoms with Gasteiger partial charge in [0.2, 0.25) is 0 Å². The van der Waals surface area contributed by atoms with E-state index in [9.17, 15) is 19.8 Å². The summed E-state index contributed by atoms with van der Waals surface area (Å²) in [5.74, 6) is 2.46. The van der Waals surface area contributed by atoms with Gasteiger partial charge in [0.05, 0.1) is 24.0 Å². The lowest BCUT2D eigenvalue weighted by Crippen LogP contribution is -2.38. The van der Waals surface area contributed by atoms with Gasteiger partial charge >= 0.3 is 11.9 Å². The van der Waals surface area contributed by atoms with E-state index in [1.165, 1.54) is 38.5 Å². The molecular weight excluding hydrogens is 609 g/mol. The van der Waals surface area contributed by atoms with Crippen LogP contribution < -0.4 is 0 Å². The van der Waals surface area contributed by atoms with Crippen LogP contribution in [0.1, 0.15) is 159 Å². The van der Waals surface area contributed by atoms with E-state index in [2.05, 4.69) is 27.7 Å². The molecule has 47 heavy (non-hydrogen) atoms. The predicted octanol–water partition coefficient (Wildman–Crippen LogP) is 9.62. The first-order valence-electron chi connectivity index (χ1n) is 19.3. The molecule has 0 saturated heterocycles. The summed E-state index contributed by atoms with van der Waals surface area (Å²) in [5, 5.41) is 23.2. The maximum Gasteiger partial charge on any atom is 0.312 e. The molecule has 2 saturated carbocycles. The van der Waals surface area contributed by atoms with Crippen molar-refractivity contribution in [3.8, 4) is 0 Å². The van der Waals surface area contributed by atoms with E-state index in [1.54, 1.807) is 0 Å². The van der Waals surface area contributed by atoms with Crippen molar-refractivity contribution in [1.82, 2.24) is 0 Å². The van der Waals surface area contributed by atoms with Crippen LogP contribution >= 0.6 is 11.8 Å². The van der Waals surface area contributed by atoms with Crippen LogP contribution in [0.5, 0.6) is 0 Å². The highest BCUT2D eigenvalue weighted by Gasteiger charge is 2.37. The standard InChI is InChI=1S/C40H74O6S/c1-27(2)31(23-35(41)33(37(43)45-39(5,6)7)21-29-17-13-11-14-18-29)25-47-26-32(28(3)4)24-36(42)34(38(44)46-40(8,9)10)22-30-19-15-12-16-20-30/h27-36,41-42H,11-26H2,1-10H3. The lowest BCUT2D eigenvalue weighted by Gasteiger charge is -2.33. The highest BCUT2D eigenvalue weighted by atomic mass is 32.2. The number of aliphatic hydroxyl groups is 2. The normalized spacial score (nSPS) is 21.2. The van der Waals surface area contributed by atoms with Crippen molar-refractivity contribution in [1.29, 1.82) is 0 Å². The SMILES string of the molecule is CC(C)C(CSCC(CC(O)C(CC1CCCCC1)C(=O)OC(C)(C)C)C(C)C)CC(O)C(CC1CCCCC1)C(=O)OC(C)(C)C. The lowest BCUT2D eigenvalue weighted by molar-refractivity contribution is -0.166. The summed E-state index contributed by atoms with van der Waals surface area (Å²) in [6.07, 6.45) is 13.0. The van der Waals surface area contributed by atoms with Crippen LogP contribution in [0.25, 0.3) is 0 Å². The molecule has 6 unspecified atom stereocenters. The highest BCUT2D eigenvalue weighted by molar-refractivity contribution is 7.99. The summed E-state index contributed by atoms with van der Waals surface area (Å²) < 4.78 is 11.7. The minimum absolute atomic E-state index is 0.254. The molecule has 0 heterocycles. The molecule has 276 valence electrons. The molecule has 0 aromatic rings. The number of carbonyl (C=O) groups is 2. The third-order valence-corrected chi connectivity index (χ3v) is 11.9. The second kappa shape index (κ2) is 20.2. The van der Waals surface area contributed by atoms with E-state index in [-0.39, 0.29) is 23.8 Å². The Hall–Kier alpha value is -0.790. The molecule has 6 atom stereocenters. The zero-order valence-corrected chi connectivity index (χ0v) is 32.8. The fraction of sp³-hybridized carbons (Fsp3) is 0.950. The van der Waals surface area contributed by atoms with Crippen LogP contribution in [0.2, 0.25) is 0 Å². The Bertz CT molecular complexity index is 821. The minimum atomic E-state index is -0.725. The quantitative estimate of drug-likeness (QED) is 0.139. The van der Waals surface area contributed by atoms with Gasteiger partial charge in [-0.2, -0.15) is 11.8 Å². The molecule has 0 bridgehead atoms. The molecule has 7 heteroatoms. The van der Waals surface area contributed by atoms with Gasteiger partial charge in [0.25, 0.3) is 0 Å². The summed E-state index contributed by atoms with van der Waals surface area (Å²) in [6.45, 7) is 20.2. The first-order chi connectivity index (χ1) is 21.9. The number of hydrogen-bond donors (Lipinski definition) is 2. The van der Waals surface area contributed by atoms with Gasteiger partial charge in [-0.05, 0) is 114 Å². The van der Waals surface area contributed by atoms with Crippen molar-refractivity contribution in [3.05, 3.63) is 0 Å². The van der Waals surface area contributed by atoms with Gasteiger partial charge in [-0.1, -0.05) is 91.9 Å². The summed E-state index contributed by atoms with van der Waals surface area (Å²) in [4.78, 5) is 26.7. The van der Waals surface area contributed by atoms with Crippen LogP contribution in [-0.2, 0) is 19.1 Å². The fourth-order valence-corrected chi connectivity index (χ4v) is 9.31. The summed E-state index contributed by atoms with van der Waals surface area (Å²) in [6, 6.07) is 0. The maximum absolute atomic E-state index is 13.4. The maximum atomic E-state index is 13.4. The van der Waals surface area contributed by atoms with Gasteiger partial charge in [-0.3, -0.25) is 9.59 Å². The number of hydrogen-bond acceptors (Lipinski definition) is 7. The Morgan fingerprint density at radius 3 is 1.21 bits per heavy atom. The topological polar surface area (TPSA) is 93.1 Å². The molecule has 2 aliphatic rings. The molecule has 0 amide bonds. The molecule has 0 aromatic carbocycles. The molecule has 0 radical (unpaired) electrons.